The minimum Gasteiger partial charge on any atom is -0.476 e. The highest BCUT2D eigenvalue weighted by Crippen LogP contribution is 2.16. The molecule has 0 aromatic carbocycles. The van der Waals surface area contributed by atoms with Crippen molar-refractivity contribution in [3.05, 3.63) is 24.5 Å². The summed E-state index contributed by atoms with van der Waals surface area (Å²) in [5.74, 6) is 0.698. The lowest BCUT2D eigenvalue weighted by molar-refractivity contribution is 0.268. The van der Waals surface area contributed by atoms with Gasteiger partial charge in [-0.25, -0.2) is 4.98 Å². The molecule has 3 rings (SSSR count). The highest BCUT2D eigenvalue weighted by Gasteiger charge is 2.14. The first-order chi connectivity index (χ1) is 7.92. The van der Waals surface area contributed by atoms with Gasteiger partial charge in [0.25, 0.3) is 0 Å². The van der Waals surface area contributed by atoms with Crippen molar-refractivity contribution in [1.82, 2.24) is 15.3 Å². The van der Waals surface area contributed by atoms with Crippen LogP contribution < -0.4 is 10.1 Å². The Balaban J connectivity index is 1.68. The Kier molecular flexibility index (Phi) is 2.50. The van der Waals surface area contributed by atoms with Crippen LogP contribution in [-0.2, 0) is 0 Å². The summed E-state index contributed by atoms with van der Waals surface area (Å²) in [6.07, 6.45) is 6.19. The second-order valence-corrected chi connectivity index (χ2v) is 4.19. The Morgan fingerprint density at radius 1 is 1.50 bits per heavy atom. The van der Waals surface area contributed by atoms with Crippen LogP contribution in [0.3, 0.4) is 0 Å². The third-order valence-corrected chi connectivity index (χ3v) is 3.01. The number of nitrogens with one attached hydrogen (secondary N) is 2. The highest BCUT2D eigenvalue weighted by atomic mass is 16.5. The van der Waals surface area contributed by atoms with Crippen molar-refractivity contribution in [2.45, 2.75) is 18.9 Å². The number of aromatic amines is 1. The van der Waals surface area contributed by atoms with Crippen molar-refractivity contribution in [2.24, 2.45) is 0 Å². The Labute approximate surface area is 94.0 Å². The predicted molar refractivity (Wildman–Crippen MR) is 62.6 cm³/mol. The molecule has 0 saturated carbocycles. The zero-order valence-electron chi connectivity index (χ0n) is 9.07. The van der Waals surface area contributed by atoms with Crippen molar-refractivity contribution in [2.75, 3.05) is 13.2 Å². The second kappa shape index (κ2) is 4.14. The Bertz CT molecular complexity index is 474. The Hall–Kier alpha value is -1.55. The van der Waals surface area contributed by atoms with E-state index in [-0.39, 0.29) is 0 Å². The number of rotatable bonds is 3. The topological polar surface area (TPSA) is 49.9 Å². The van der Waals surface area contributed by atoms with Crippen molar-refractivity contribution in [3.63, 3.8) is 0 Å². The molecule has 2 aromatic rings. The Morgan fingerprint density at radius 2 is 2.50 bits per heavy atom. The van der Waals surface area contributed by atoms with Gasteiger partial charge in [0, 0.05) is 29.9 Å². The first-order valence-corrected chi connectivity index (χ1v) is 5.71. The summed E-state index contributed by atoms with van der Waals surface area (Å²) in [6.45, 7) is 1.82. The number of ether oxygens (including phenoxy) is 1. The molecule has 3 heterocycles. The number of fused-ring (bicyclic) bond motifs is 1. The normalized spacial score (nSPS) is 20.4. The first-order valence-electron chi connectivity index (χ1n) is 5.71. The van der Waals surface area contributed by atoms with E-state index < -0.39 is 0 Å². The standard InChI is InChI=1S/C12H15N3O/c1-2-10(13-4-1)8-16-12-6-11-9(7-15-12)3-5-14-11/h3,5-7,10,13-14H,1-2,4,8H2. The molecule has 1 aliphatic rings. The SMILES string of the molecule is c1cc2cnc(OCC3CCCN3)cc2[nH]1. The average Bonchev–Trinajstić information content (AvgIpc) is 2.97. The van der Waals surface area contributed by atoms with Gasteiger partial charge < -0.3 is 15.0 Å². The van der Waals surface area contributed by atoms with E-state index in [9.17, 15) is 0 Å². The largest absolute Gasteiger partial charge is 0.476 e. The minimum atomic E-state index is 0.487. The molecular formula is C12H15N3O. The van der Waals surface area contributed by atoms with E-state index >= 15 is 0 Å². The maximum Gasteiger partial charge on any atom is 0.215 e. The highest BCUT2D eigenvalue weighted by molar-refractivity contribution is 5.78. The predicted octanol–water partition coefficient (Wildman–Crippen LogP) is 1.69. The lowest BCUT2D eigenvalue weighted by Crippen LogP contribution is -2.28. The summed E-state index contributed by atoms with van der Waals surface area (Å²) < 4.78 is 5.67. The van der Waals surface area contributed by atoms with Crippen LogP contribution in [0.4, 0.5) is 0 Å². The number of aromatic nitrogens is 2. The maximum absolute atomic E-state index is 5.67. The lowest BCUT2D eigenvalue weighted by Gasteiger charge is -2.11. The van der Waals surface area contributed by atoms with Gasteiger partial charge in [-0.2, -0.15) is 0 Å². The molecule has 0 aliphatic carbocycles. The zero-order valence-corrected chi connectivity index (χ0v) is 9.07. The molecule has 1 atom stereocenters. The van der Waals surface area contributed by atoms with E-state index in [2.05, 4.69) is 15.3 Å². The number of hydrogen-bond acceptors (Lipinski definition) is 3. The molecule has 0 radical (unpaired) electrons. The van der Waals surface area contributed by atoms with Crippen LogP contribution in [0.15, 0.2) is 24.5 Å². The monoisotopic (exact) mass is 217 g/mol. The lowest BCUT2D eigenvalue weighted by atomic mass is 10.2. The van der Waals surface area contributed by atoms with Crippen LogP contribution in [0.25, 0.3) is 10.9 Å². The summed E-state index contributed by atoms with van der Waals surface area (Å²) >= 11 is 0. The molecule has 1 saturated heterocycles. The molecular weight excluding hydrogens is 202 g/mol. The molecule has 4 nitrogen and oxygen atoms in total. The van der Waals surface area contributed by atoms with Crippen LogP contribution in [-0.4, -0.2) is 29.2 Å². The van der Waals surface area contributed by atoms with Crippen LogP contribution >= 0.6 is 0 Å². The van der Waals surface area contributed by atoms with Gasteiger partial charge in [0.05, 0.1) is 5.52 Å². The van der Waals surface area contributed by atoms with E-state index in [1.54, 1.807) is 0 Å². The zero-order chi connectivity index (χ0) is 10.8. The average molecular weight is 217 g/mol. The van der Waals surface area contributed by atoms with Crippen LogP contribution in [0.1, 0.15) is 12.8 Å². The van der Waals surface area contributed by atoms with Gasteiger partial charge in [-0.05, 0) is 25.5 Å². The van der Waals surface area contributed by atoms with Crippen molar-refractivity contribution in [3.8, 4) is 5.88 Å². The van der Waals surface area contributed by atoms with Gasteiger partial charge in [-0.15, -0.1) is 0 Å². The summed E-state index contributed by atoms with van der Waals surface area (Å²) in [7, 11) is 0. The van der Waals surface area contributed by atoms with Gasteiger partial charge >= 0.3 is 0 Å². The van der Waals surface area contributed by atoms with Crippen molar-refractivity contribution in [1.29, 1.82) is 0 Å². The van der Waals surface area contributed by atoms with Crippen molar-refractivity contribution < 1.29 is 4.74 Å². The fourth-order valence-electron chi connectivity index (χ4n) is 2.09. The number of H-pyrrole nitrogens is 1. The summed E-state index contributed by atoms with van der Waals surface area (Å²) in [5.41, 5.74) is 1.07. The van der Waals surface area contributed by atoms with Gasteiger partial charge in [-0.3, -0.25) is 0 Å². The molecule has 1 fully saturated rings. The fraction of sp³-hybridized carbons (Fsp3) is 0.417. The fourth-order valence-corrected chi connectivity index (χ4v) is 2.09. The van der Waals surface area contributed by atoms with E-state index in [0.717, 1.165) is 17.4 Å². The molecule has 0 spiro atoms. The first kappa shape index (κ1) is 9.66. The van der Waals surface area contributed by atoms with E-state index in [1.165, 1.54) is 12.8 Å². The third kappa shape index (κ3) is 1.88. The molecule has 1 aliphatic heterocycles. The van der Waals surface area contributed by atoms with Crippen LogP contribution in [0.5, 0.6) is 5.88 Å². The van der Waals surface area contributed by atoms with E-state index in [1.807, 2.05) is 24.5 Å². The van der Waals surface area contributed by atoms with Gasteiger partial charge in [0.15, 0.2) is 0 Å². The molecule has 16 heavy (non-hydrogen) atoms. The van der Waals surface area contributed by atoms with Crippen LogP contribution in [0.2, 0.25) is 0 Å². The summed E-state index contributed by atoms with van der Waals surface area (Å²) in [4.78, 5) is 7.42. The maximum atomic E-state index is 5.67. The summed E-state index contributed by atoms with van der Waals surface area (Å²) in [5, 5.41) is 4.52. The third-order valence-electron chi connectivity index (χ3n) is 3.01. The molecule has 4 heteroatoms. The second-order valence-electron chi connectivity index (χ2n) is 4.19. The van der Waals surface area contributed by atoms with Gasteiger partial charge in [0.1, 0.15) is 6.61 Å². The Morgan fingerprint density at radius 3 is 3.38 bits per heavy atom. The smallest absolute Gasteiger partial charge is 0.215 e. The molecule has 84 valence electrons. The number of hydrogen-bond donors (Lipinski definition) is 2. The molecule has 1 unspecified atom stereocenters. The minimum absolute atomic E-state index is 0.487. The quantitative estimate of drug-likeness (QED) is 0.822. The van der Waals surface area contributed by atoms with Gasteiger partial charge in [-0.1, -0.05) is 0 Å². The summed E-state index contributed by atoms with van der Waals surface area (Å²) in [6, 6.07) is 4.44. The molecule has 0 bridgehead atoms. The van der Waals surface area contributed by atoms with E-state index in [0.29, 0.717) is 18.5 Å². The molecule has 2 aromatic heterocycles. The van der Waals surface area contributed by atoms with E-state index in [4.69, 9.17) is 4.74 Å². The van der Waals surface area contributed by atoms with Crippen LogP contribution in [0, 0.1) is 0 Å². The number of pyridine rings is 1. The van der Waals surface area contributed by atoms with Gasteiger partial charge in [0.2, 0.25) is 5.88 Å². The molecule has 0 amide bonds. The van der Waals surface area contributed by atoms with Crippen molar-refractivity contribution >= 4 is 10.9 Å². The molecule has 2 N–H and O–H groups in total. The number of nitrogens with zero attached hydrogens (tertiary/aromatic N) is 1.